The maximum absolute atomic E-state index is 13.8. The van der Waals surface area contributed by atoms with E-state index in [4.69, 9.17) is 4.74 Å². The second-order valence-electron chi connectivity index (χ2n) is 6.34. The number of benzene rings is 1. The molecule has 1 N–H and O–H groups in total. The number of carbonyl (C=O) groups excluding carboxylic acids is 1. The van der Waals surface area contributed by atoms with Crippen molar-refractivity contribution in [3.63, 3.8) is 0 Å². The molecular formula is C17H23FN2O3. The highest BCUT2D eigenvalue weighted by Crippen LogP contribution is 2.26. The summed E-state index contributed by atoms with van der Waals surface area (Å²) in [5.41, 5.74) is -0.891. The molecule has 0 bridgehead atoms. The average Bonchev–Trinajstić information content (AvgIpc) is 2.55. The molecule has 23 heavy (non-hydrogen) atoms. The molecule has 0 spiro atoms. The minimum absolute atomic E-state index is 0.205. The number of ether oxygens (including phenoxy) is 1. The predicted octanol–water partition coefficient (Wildman–Crippen LogP) is 1.01. The van der Waals surface area contributed by atoms with Crippen LogP contribution in [0, 0.1) is 5.82 Å². The van der Waals surface area contributed by atoms with Gasteiger partial charge in [0.1, 0.15) is 5.82 Å². The van der Waals surface area contributed by atoms with E-state index in [1.165, 1.54) is 6.07 Å². The van der Waals surface area contributed by atoms with Crippen LogP contribution in [0.25, 0.3) is 0 Å². The molecule has 0 aromatic heterocycles. The Morgan fingerprint density at radius 3 is 2.70 bits per heavy atom. The summed E-state index contributed by atoms with van der Waals surface area (Å²) in [4.78, 5) is 16.4. The van der Waals surface area contributed by atoms with Crippen molar-refractivity contribution in [3.05, 3.63) is 35.6 Å². The molecule has 0 unspecified atom stereocenters. The van der Waals surface area contributed by atoms with E-state index in [2.05, 4.69) is 4.90 Å². The fourth-order valence-electron chi connectivity index (χ4n) is 3.32. The van der Waals surface area contributed by atoms with E-state index in [-0.39, 0.29) is 18.3 Å². The Kier molecular flexibility index (Phi) is 4.94. The highest BCUT2D eigenvalue weighted by Gasteiger charge is 2.43. The Labute approximate surface area is 135 Å². The third-order valence-corrected chi connectivity index (χ3v) is 4.61. The van der Waals surface area contributed by atoms with Gasteiger partial charge in [-0.15, -0.1) is 0 Å². The van der Waals surface area contributed by atoms with Crippen molar-refractivity contribution in [2.24, 2.45) is 0 Å². The number of carbonyl (C=O) groups is 1. The molecular weight excluding hydrogens is 299 g/mol. The Hall–Kier alpha value is -1.50. The zero-order chi connectivity index (χ0) is 16.3. The summed E-state index contributed by atoms with van der Waals surface area (Å²) < 4.78 is 19.1. The summed E-state index contributed by atoms with van der Waals surface area (Å²) in [6.45, 7) is 3.79. The Balaban J connectivity index is 1.68. The molecule has 0 radical (unpaired) electrons. The van der Waals surface area contributed by atoms with E-state index in [0.29, 0.717) is 38.3 Å². The monoisotopic (exact) mass is 322 g/mol. The number of rotatable bonds is 4. The molecule has 2 fully saturated rings. The van der Waals surface area contributed by atoms with Gasteiger partial charge in [0, 0.05) is 38.3 Å². The van der Waals surface area contributed by atoms with Crippen molar-refractivity contribution in [3.8, 4) is 0 Å². The first-order valence-electron chi connectivity index (χ1n) is 8.14. The number of nitrogens with zero attached hydrogens (tertiary/aromatic N) is 2. The van der Waals surface area contributed by atoms with Crippen molar-refractivity contribution < 1.29 is 19.0 Å². The Morgan fingerprint density at radius 1 is 1.22 bits per heavy atom. The summed E-state index contributed by atoms with van der Waals surface area (Å²) >= 11 is 0. The molecule has 2 aliphatic rings. The van der Waals surface area contributed by atoms with Crippen LogP contribution >= 0.6 is 0 Å². The van der Waals surface area contributed by atoms with Gasteiger partial charge in [0.2, 0.25) is 0 Å². The van der Waals surface area contributed by atoms with Crippen molar-refractivity contribution in [2.75, 3.05) is 39.4 Å². The van der Waals surface area contributed by atoms with Gasteiger partial charge < -0.3 is 14.7 Å². The quantitative estimate of drug-likeness (QED) is 0.899. The van der Waals surface area contributed by atoms with Gasteiger partial charge in [-0.1, -0.05) is 18.2 Å². The lowest BCUT2D eigenvalue weighted by atomic mass is 9.90. The van der Waals surface area contributed by atoms with Gasteiger partial charge in [-0.25, -0.2) is 4.39 Å². The van der Waals surface area contributed by atoms with E-state index in [9.17, 15) is 14.3 Å². The molecule has 1 aromatic carbocycles. The lowest BCUT2D eigenvalue weighted by Crippen LogP contribution is -2.59. The van der Waals surface area contributed by atoms with Gasteiger partial charge in [0.05, 0.1) is 13.2 Å². The number of hydrogen-bond acceptors (Lipinski definition) is 4. The highest BCUT2D eigenvalue weighted by molar-refractivity contribution is 5.86. The normalized spacial score (nSPS) is 26.5. The number of hydrogen-bond donors (Lipinski definition) is 1. The molecule has 0 saturated carbocycles. The van der Waals surface area contributed by atoms with Crippen molar-refractivity contribution in [1.82, 2.24) is 9.80 Å². The number of morpholine rings is 1. The van der Waals surface area contributed by atoms with Gasteiger partial charge in [0.15, 0.2) is 5.60 Å². The largest absolute Gasteiger partial charge is 0.379 e. The van der Waals surface area contributed by atoms with Gasteiger partial charge in [0.25, 0.3) is 5.91 Å². The smallest absolute Gasteiger partial charge is 0.256 e. The van der Waals surface area contributed by atoms with Crippen LogP contribution in [0.4, 0.5) is 4.39 Å². The maximum atomic E-state index is 13.8. The fraction of sp³-hybridized carbons (Fsp3) is 0.588. The summed E-state index contributed by atoms with van der Waals surface area (Å²) in [5.74, 6) is -0.610. The molecule has 2 heterocycles. The van der Waals surface area contributed by atoms with Crippen LogP contribution in [0.3, 0.4) is 0 Å². The zero-order valence-corrected chi connectivity index (χ0v) is 13.2. The molecule has 2 aliphatic heterocycles. The fourth-order valence-corrected chi connectivity index (χ4v) is 3.32. The number of aliphatic hydroxyl groups is 1. The molecule has 0 aliphatic carbocycles. The topological polar surface area (TPSA) is 53.0 Å². The third kappa shape index (κ3) is 3.71. The van der Waals surface area contributed by atoms with Crippen LogP contribution in [-0.4, -0.2) is 65.8 Å². The number of β-amino-alcohol motifs (C(OH)–C–C–N with tert-alkyl or cyclic N) is 1. The lowest BCUT2D eigenvalue weighted by Gasteiger charge is -2.41. The van der Waals surface area contributed by atoms with Crippen LogP contribution in [-0.2, 0) is 16.1 Å². The van der Waals surface area contributed by atoms with Crippen LogP contribution in [0.2, 0.25) is 0 Å². The van der Waals surface area contributed by atoms with Crippen LogP contribution in [0.15, 0.2) is 24.3 Å². The van der Waals surface area contributed by atoms with Crippen LogP contribution in [0.1, 0.15) is 18.4 Å². The first-order chi connectivity index (χ1) is 11.1. The standard InChI is InChI=1S/C17H23FN2O3/c18-15-5-2-1-4-14(15)12-20-7-3-6-17(22,16(20)21)13-19-8-10-23-11-9-19/h1-2,4-5,22H,3,6-13H2/t17-/m1/s1. The third-order valence-electron chi connectivity index (χ3n) is 4.61. The molecule has 1 amide bonds. The van der Waals surface area contributed by atoms with Gasteiger partial charge in [-0.2, -0.15) is 0 Å². The Morgan fingerprint density at radius 2 is 1.96 bits per heavy atom. The second kappa shape index (κ2) is 6.95. The second-order valence-corrected chi connectivity index (χ2v) is 6.34. The summed E-state index contributed by atoms with van der Waals surface area (Å²) in [5, 5.41) is 10.8. The van der Waals surface area contributed by atoms with E-state index in [0.717, 1.165) is 19.5 Å². The molecule has 126 valence electrons. The zero-order valence-electron chi connectivity index (χ0n) is 13.2. The SMILES string of the molecule is O=C1N(Cc2ccccc2F)CCC[C@@]1(O)CN1CCOCC1. The van der Waals surface area contributed by atoms with Gasteiger partial charge in [-0.3, -0.25) is 9.69 Å². The maximum Gasteiger partial charge on any atom is 0.256 e. The van der Waals surface area contributed by atoms with Crippen molar-refractivity contribution >= 4 is 5.91 Å². The van der Waals surface area contributed by atoms with E-state index in [1.54, 1.807) is 23.1 Å². The summed E-state index contributed by atoms with van der Waals surface area (Å²) in [7, 11) is 0. The van der Waals surface area contributed by atoms with Crippen LogP contribution in [0.5, 0.6) is 0 Å². The number of piperidine rings is 1. The number of likely N-dealkylation sites (tertiary alicyclic amines) is 1. The van der Waals surface area contributed by atoms with E-state index < -0.39 is 5.60 Å². The van der Waals surface area contributed by atoms with Crippen molar-refractivity contribution in [2.45, 2.75) is 25.0 Å². The summed E-state index contributed by atoms with van der Waals surface area (Å²) in [6, 6.07) is 6.46. The van der Waals surface area contributed by atoms with Crippen LogP contribution < -0.4 is 0 Å². The first kappa shape index (κ1) is 16.4. The minimum Gasteiger partial charge on any atom is -0.379 e. The van der Waals surface area contributed by atoms with E-state index in [1.807, 2.05) is 0 Å². The molecule has 5 nitrogen and oxygen atoms in total. The highest BCUT2D eigenvalue weighted by atomic mass is 19.1. The minimum atomic E-state index is -1.37. The van der Waals surface area contributed by atoms with E-state index >= 15 is 0 Å². The van der Waals surface area contributed by atoms with Gasteiger partial charge >= 0.3 is 0 Å². The average molecular weight is 322 g/mol. The lowest BCUT2D eigenvalue weighted by molar-refractivity contribution is -0.161. The molecule has 2 saturated heterocycles. The summed E-state index contributed by atoms with van der Waals surface area (Å²) in [6.07, 6.45) is 1.18. The molecule has 1 atom stereocenters. The number of amides is 1. The molecule has 1 aromatic rings. The van der Waals surface area contributed by atoms with Crippen molar-refractivity contribution in [1.29, 1.82) is 0 Å². The van der Waals surface area contributed by atoms with Gasteiger partial charge in [-0.05, 0) is 18.9 Å². The predicted molar refractivity (Wildman–Crippen MR) is 83.3 cm³/mol. The number of halogens is 1. The molecule has 6 heteroatoms. The Bertz CT molecular complexity index is 563. The molecule has 3 rings (SSSR count). The first-order valence-corrected chi connectivity index (χ1v) is 8.14.